The number of likely N-dealkylation sites (tertiary alicyclic amines) is 1. The van der Waals surface area contributed by atoms with Crippen molar-refractivity contribution in [2.75, 3.05) is 33.4 Å². The van der Waals surface area contributed by atoms with Crippen molar-refractivity contribution in [2.24, 2.45) is 5.92 Å². The topological polar surface area (TPSA) is 24.5 Å². The largest absolute Gasteiger partial charge is 0.383 e. The minimum Gasteiger partial charge on any atom is -0.383 e. The van der Waals surface area contributed by atoms with Crippen molar-refractivity contribution in [3.05, 3.63) is 0 Å². The molecule has 1 atom stereocenters. The van der Waals surface area contributed by atoms with E-state index in [-0.39, 0.29) is 0 Å². The number of hydrogen-bond donors (Lipinski definition) is 1. The van der Waals surface area contributed by atoms with Crippen LogP contribution in [0.4, 0.5) is 0 Å². The molecule has 0 saturated carbocycles. The van der Waals surface area contributed by atoms with Crippen molar-refractivity contribution in [1.29, 1.82) is 0 Å². The summed E-state index contributed by atoms with van der Waals surface area (Å²) in [5, 5.41) is 3.56. The van der Waals surface area contributed by atoms with Crippen LogP contribution in [0.25, 0.3) is 0 Å². The second-order valence-corrected chi connectivity index (χ2v) is 6.27. The second kappa shape index (κ2) is 6.72. The standard InChI is InChI=1S/C14H30N2O/c1-12(2)9-15-10-13(11-17-5)16-8-6-7-14(16,3)4/h12-13,15H,6-11H2,1-5H3. The summed E-state index contributed by atoms with van der Waals surface area (Å²) in [4.78, 5) is 2.61. The smallest absolute Gasteiger partial charge is 0.0630 e. The molecule has 3 nitrogen and oxygen atoms in total. The molecule has 1 rings (SSSR count). The van der Waals surface area contributed by atoms with Gasteiger partial charge in [0.15, 0.2) is 0 Å². The summed E-state index contributed by atoms with van der Waals surface area (Å²) in [5.74, 6) is 0.713. The van der Waals surface area contributed by atoms with Gasteiger partial charge in [0, 0.05) is 25.2 Å². The minimum atomic E-state index is 0.336. The number of methoxy groups -OCH3 is 1. The summed E-state index contributed by atoms with van der Waals surface area (Å²) in [5.41, 5.74) is 0.336. The summed E-state index contributed by atoms with van der Waals surface area (Å²) in [6.45, 7) is 13.4. The highest BCUT2D eigenvalue weighted by Gasteiger charge is 2.36. The van der Waals surface area contributed by atoms with Crippen LogP contribution in [-0.2, 0) is 4.74 Å². The Hall–Kier alpha value is -0.120. The van der Waals surface area contributed by atoms with Gasteiger partial charge in [-0.05, 0) is 45.7 Å². The fourth-order valence-electron chi connectivity index (χ4n) is 2.80. The van der Waals surface area contributed by atoms with Crippen molar-refractivity contribution in [3.8, 4) is 0 Å². The highest BCUT2D eigenvalue weighted by atomic mass is 16.5. The Morgan fingerprint density at radius 1 is 1.29 bits per heavy atom. The van der Waals surface area contributed by atoms with Crippen molar-refractivity contribution < 1.29 is 4.74 Å². The van der Waals surface area contributed by atoms with Crippen LogP contribution in [0.5, 0.6) is 0 Å². The Bertz CT molecular complexity index is 216. The van der Waals surface area contributed by atoms with E-state index >= 15 is 0 Å². The Kier molecular flexibility index (Phi) is 5.90. The molecule has 3 heteroatoms. The van der Waals surface area contributed by atoms with E-state index in [9.17, 15) is 0 Å². The molecule has 1 unspecified atom stereocenters. The van der Waals surface area contributed by atoms with E-state index in [1.807, 2.05) is 0 Å². The zero-order valence-electron chi connectivity index (χ0n) is 12.3. The van der Waals surface area contributed by atoms with Gasteiger partial charge in [-0.15, -0.1) is 0 Å². The number of nitrogens with zero attached hydrogens (tertiary/aromatic N) is 1. The summed E-state index contributed by atoms with van der Waals surface area (Å²) < 4.78 is 5.39. The van der Waals surface area contributed by atoms with Crippen molar-refractivity contribution in [2.45, 2.75) is 52.1 Å². The van der Waals surface area contributed by atoms with Crippen LogP contribution in [0.15, 0.2) is 0 Å². The van der Waals surface area contributed by atoms with Crippen LogP contribution in [0.1, 0.15) is 40.5 Å². The highest BCUT2D eigenvalue weighted by molar-refractivity contribution is 4.92. The molecule has 1 N–H and O–H groups in total. The lowest BCUT2D eigenvalue weighted by Gasteiger charge is -2.38. The molecule has 1 aliphatic rings. The van der Waals surface area contributed by atoms with Gasteiger partial charge in [0.1, 0.15) is 0 Å². The van der Waals surface area contributed by atoms with Gasteiger partial charge in [0.05, 0.1) is 6.61 Å². The van der Waals surface area contributed by atoms with Crippen LogP contribution >= 0.6 is 0 Å². The predicted octanol–water partition coefficient (Wildman–Crippen LogP) is 2.12. The third-order valence-electron chi connectivity index (χ3n) is 3.70. The van der Waals surface area contributed by atoms with Crippen molar-refractivity contribution >= 4 is 0 Å². The lowest BCUT2D eigenvalue weighted by Crippen LogP contribution is -2.52. The van der Waals surface area contributed by atoms with Crippen LogP contribution in [0.3, 0.4) is 0 Å². The van der Waals surface area contributed by atoms with E-state index in [0.717, 1.165) is 19.7 Å². The monoisotopic (exact) mass is 242 g/mol. The lowest BCUT2D eigenvalue weighted by molar-refractivity contribution is 0.0505. The molecule has 0 aromatic carbocycles. The highest BCUT2D eigenvalue weighted by Crippen LogP contribution is 2.30. The van der Waals surface area contributed by atoms with Gasteiger partial charge >= 0.3 is 0 Å². The second-order valence-electron chi connectivity index (χ2n) is 6.27. The molecule has 17 heavy (non-hydrogen) atoms. The molecule has 0 bridgehead atoms. The van der Waals surface area contributed by atoms with Crippen LogP contribution in [0, 0.1) is 5.92 Å². The molecule has 1 heterocycles. The molecule has 1 saturated heterocycles. The maximum absolute atomic E-state index is 5.39. The fraction of sp³-hybridized carbons (Fsp3) is 1.00. The molecule has 0 amide bonds. The van der Waals surface area contributed by atoms with Crippen LogP contribution in [0.2, 0.25) is 0 Å². The fourth-order valence-corrected chi connectivity index (χ4v) is 2.80. The third kappa shape index (κ3) is 4.57. The average molecular weight is 242 g/mol. The van der Waals surface area contributed by atoms with E-state index in [1.165, 1.54) is 19.4 Å². The van der Waals surface area contributed by atoms with Gasteiger partial charge in [0.25, 0.3) is 0 Å². The average Bonchev–Trinajstić information content (AvgIpc) is 2.56. The van der Waals surface area contributed by atoms with Gasteiger partial charge in [-0.2, -0.15) is 0 Å². The first kappa shape index (κ1) is 14.9. The number of ether oxygens (including phenoxy) is 1. The first-order valence-corrected chi connectivity index (χ1v) is 6.94. The summed E-state index contributed by atoms with van der Waals surface area (Å²) in [6, 6.07) is 0.510. The Balaban J connectivity index is 2.47. The molecule has 0 aromatic rings. The Morgan fingerprint density at radius 3 is 2.47 bits per heavy atom. The third-order valence-corrected chi connectivity index (χ3v) is 3.70. The van der Waals surface area contributed by atoms with E-state index in [4.69, 9.17) is 4.74 Å². The first-order valence-electron chi connectivity index (χ1n) is 6.94. The van der Waals surface area contributed by atoms with Crippen LogP contribution in [-0.4, -0.2) is 49.8 Å². The van der Waals surface area contributed by atoms with Gasteiger partial charge in [-0.3, -0.25) is 4.90 Å². The zero-order valence-corrected chi connectivity index (χ0v) is 12.3. The number of nitrogens with one attached hydrogen (secondary N) is 1. The van der Waals surface area contributed by atoms with E-state index in [2.05, 4.69) is 37.9 Å². The van der Waals surface area contributed by atoms with Gasteiger partial charge in [0.2, 0.25) is 0 Å². The van der Waals surface area contributed by atoms with Crippen molar-refractivity contribution in [1.82, 2.24) is 10.2 Å². The zero-order chi connectivity index (χ0) is 12.9. The first-order chi connectivity index (χ1) is 7.97. The summed E-state index contributed by atoms with van der Waals surface area (Å²) in [7, 11) is 1.80. The van der Waals surface area contributed by atoms with E-state index in [1.54, 1.807) is 7.11 Å². The predicted molar refractivity (Wildman–Crippen MR) is 73.4 cm³/mol. The van der Waals surface area contributed by atoms with Crippen molar-refractivity contribution in [3.63, 3.8) is 0 Å². The molecular formula is C14H30N2O. The summed E-state index contributed by atoms with van der Waals surface area (Å²) >= 11 is 0. The van der Waals surface area contributed by atoms with Gasteiger partial charge in [-0.1, -0.05) is 13.8 Å². The quantitative estimate of drug-likeness (QED) is 0.740. The lowest BCUT2D eigenvalue weighted by atomic mass is 10.0. The van der Waals surface area contributed by atoms with E-state index in [0.29, 0.717) is 17.5 Å². The maximum Gasteiger partial charge on any atom is 0.0630 e. The normalized spacial score (nSPS) is 22.2. The Morgan fingerprint density at radius 2 is 2.00 bits per heavy atom. The SMILES string of the molecule is COCC(CNCC(C)C)N1CCCC1(C)C. The van der Waals surface area contributed by atoms with Crippen LogP contribution < -0.4 is 5.32 Å². The molecule has 1 fully saturated rings. The molecule has 0 radical (unpaired) electrons. The Labute approximate surface area is 107 Å². The molecule has 0 aliphatic carbocycles. The summed E-state index contributed by atoms with van der Waals surface area (Å²) in [6.07, 6.45) is 2.62. The maximum atomic E-state index is 5.39. The van der Waals surface area contributed by atoms with Gasteiger partial charge < -0.3 is 10.1 Å². The number of hydrogen-bond acceptors (Lipinski definition) is 3. The minimum absolute atomic E-state index is 0.336. The molecule has 102 valence electrons. The molecular weight excluding hydrogens is 212 g/mol. The molecule has 0 spiro atoms. The molecule has 0 aromatic heterocycles. The van der Waals surface area contributed by atoms with E-state index < -0.39 is 0 Å². The number of rotatable bonds is 7. The molecule has 1 aliphatic heterocycles. The van der Waals surface area contributed by atoms with Gasteiger partial charge in [-0.25, -0.2) is 0 Å².